The number of aryl methyl sites for hydroxylation is 2. The molecule has 1 aromatic carbocycles. The number of nitrogens with zero attached hydrogens (tertiary/aromatic N) is 3. The fourth-order valence-electron chi connectivity index (χ4n) is 2.89. The van der Waals surface area contributed by atoms with E-state index in [2.05, 4.69) is 15.5 Å². The largest absolute Gasteiger partial charge is 0.352 e. The zero-order chi connectivity index (χ0) is 19.4. The number of hydrogen-bond donors (Lipinski definition) is 1. The molecule has 3 rings (SSSR count). The Morgan fingerprint density at radius 3 is 2.74 bits per heavy atom. The first-order valence-electron chi connectivity index (χ1n) is 8.75. The van der Waals surface area contributed by atoms with Crippen LogP contribution in [-0.4, -0.2) is 48.4 Å². The molecule has 0 saturated carbocycles. The van der Waals surface area contributed by atoms with Gasteiger partial charge in [0, 0.05) is 26.1 Å². The smallest absolute Gasteiger partial charge is 0.252 e. The Morgan fingerprint density at radius 1 is 1.33 bits per heavy atom. The van der Waals surface area contributed by atoms with Gasteiger partial charge in [0.1, 0.15) is 0 Å². The Bertz CT molecular complexity index is 923. The predicted molar refractivity (Wildman–Crippen MR) is 99.1 cm³/mol. The Labute approximate surface area is 162 Å². The maximum absolute atomic E-state index is 12.7. The molecule has 0 radical (unpaired) electrons. The first kappa shape index (κ1) is 19.8. The van der Waals surface area contributed by atoms with Crippen LogP contribution in [0, 0.1) is 6.92 Å². The van der Waals surface area contributed by atoms with Crippen molar-refractivity contribution in [3.63, 3.8) is 0 Å². The van der Waals surface area contributed by atoms with Crippen molar-refractivity contribution in [1.29, 1.82) is 0 Å². The highest BCUT2D eigenvalue weighted by atomic mass is 35.5. The second-order valence-corrected chi connectivity index (χ2v) is 8.69. The first-order valence-corrected chi connectivity index (χ1v) is 10.6. The van der Waals surface area contributed by atoms with Crippen LogP contribution in [0.15, 0.2) is 27.6 Å². The molecule has 1 aliphatic rings. The van der Waals surface area contributed by atoms with Gasteiger partial charge in [0.05, 0.1) is 15.5 Å². The summed E-state index contributed by atoms with van der Waals surface area (Å²) in [6.45, 7) is 3.11. The monoisotopic (exact) mass is 412 g/mol. The van der Waals surface area contributed by atoms with E-state index in [9.17, 15) is 13.2 Å². The van der Waals surface area contributed by atoms with Crippen LogP contribution in [-0.2, 0) is 16.4 Å². The third kappa shape index (κ3) is 4.66. The standard InChI is InChI=1S/C17H21ClN4O4S/c1-12-20-16(26-21-12)5-4-8-19-17(23)14-11-13(6-7-15(14)18)27(24,25)22-9-2-3-10-22/h6-7,11H,2-5,8-10H2,1H3,(H,19,23). The van der Waals surface area contributed by atoms with Crippen LogP contribution in [0.3, 0.4) is 0 Å². The highest BCUT2D eigenvalue weighted by Gasteiger charge is 2.28. The molecule has 0 spiro atoms. The average molecular weight is 413 g/mol. The maximum atomic E-state index is 12.7. The van der Waals surface area contributed by atoms with Gasteiger partial charge in [-0.3, -0.25) is 4.79 Å². The van der Waals surface area contributed by atoms with Crippen molar-refractivity contribution in [3.8, 4) is 0 Å². The van der Waals surface area contributed by atoms with E-state index in [1.54, 1.807) is 6.92 Å². The fourth-order valence-corrected chi connectivity index (χ4v) is 4.64. The summed E-state index contributed by atoms with van der Waals surface area (Å²) in [5.74, 6) is 0.663. The fraction of sp³-hybridized carbons (Fsp3) is 0.471. The van der Waals surface area contributed by atoms with Crippen LogP contribution in [0.25, 0.3) is 0 Å². The van der Waals surface area contributed by atoms with Crippen molar-refractivity contribution in [2.45, 2.75) is 37.5 Å². The van der Waals surface area contributed by atoms with Crippen LogP contribution in [0.1, 0.15) is 41.3 Å². The summed E-state index contributed by atoms with van der Waals surface area (Å²) in [7, 11) is -3.60. The number of carbonyl (C=O) groups excluding carboxylic acids is 1. The number of nitrogens with one attached hydrogen (secondary N) is 1. The van der Waals surface area contributed by atoms with Crippen molar-refractivity contribution in [3.05, 3.63) is 40.5 Å². The number of sulfonamides is 1. The van der Waals surface area contributed by atoms with Crippen LogP contribution >= 0.6 is 11.6 Å². The Hall–Kier alpha value is -1.97. The summed E-state index contributed by atoms with van der Waals surface area (Å²) in [6, 6.07) is 4.22. The molecule has 1 saturated heterocycles. The van der Waals surface area contributed by atoms with Crippen molar-refractivity contribution >= 4 is 27.5 Å². The number of aromatic nitrogens is 2. The first-order chi connectivity index (χ1) is 12.9. The second-order valence-electron chi connectivity index (χ2n) is 6.35. The number of amides is 1. The molecule has 2 heterocycles. The number of halogens is 1. The Morgan fingerprint density at radius 2 is 2.07 bits per heavy atom. The normalized spacial score (nSPS) is 15.2. The van der Waals surface area contributed by atoms with Crippen LogP contribution < -0.4 is 5.32 Å². The van der Waals surface area contributed by atoms with Crippen molar-refractivity contribution < 1.29 is 17.7 Å². The average Bonchev–Trinajstić information content (AvgIpc) is 3.31. The lowest BCUT2D eigenvalue weighted by molar-refractivity contribution is 0.0953. The van der Waals surface area contributed by atoms with Gasteiger partial charge in [-0.1, -0.05) is 16.8 Å². The topological polar surface area (TPSA) is 105 Å². The van der Waals surface area contributed by atoms with E-state index >= 15 is 0 Å². The quantitative estimate of drug-likeness (QED) is 0.698. The third-order valence-electron chi connectivity index (χ3n) is 4.31. The SMILES string of the molecule is Cc1noc(CCCNC(=O)c2cc(S(=O)(=O)N3CCCC3)ccc2Cl)n1. The van der Waals surface area contributed by atoms with E-state index in [0.29, 0.717) is 44.2 Å². The van der Waals surface area contributed by atoms with Gasteiger partial charge in [-0.2, -0.15) is 9.29 Å². The van der Waals surface area contributed by atoms with Crippen molar-refractivity contribution in [2.75, 3.05) is 19.6 Å². The second kappa shape index (κ2) is 8.37. The van der Waals surface area contributed by atoms with Gasteiger partial charge in [0.25, 0.3) is 5.91 Å². The van der Waals surface area contributed by atoms with Crippen LogP contribution in [0.2, 0.25) is 5.02 Å². The minimum atomic E-state index is -3.60. The maximum Gasteiger partial charge on any atom is 0.252 e. The Kier molecular flexibility index (Phi) is 6.13. The molecule has 1 aromatic heterocycles. The lowest BCUT2D eigenvalue weighted by Gasteiger charge is -2.16. The molecular formula is C17H21ClN4O4S. The lowest BCUT2D eigenvalue weighted by Crippen LogP contribution is -2.29. The van der Waals surface area contributed by atoms with E-state index in [1.807, 2.05) is 0 Å². The lowest BCUT2D eigenvalue weighted by atomic mass is 10.2. The molecule has 1 aliphatic heterocycles. The molecule has 2 aromatic rings. The van der Waals surface area contributed by atoms with Crippen molar-refractivity contribution in [1.82, 2.24) is 19.8 Å². The molecule has 10 heteroatoms. The van der Waals surface area contributed by atoms with Gasteiger partial charge >= 0.3 is 0 Å². The van der Waals surface area contributed by atoms with E-state index in [4.69, 9.17) is 16.1 Å². The molecule has 146 valence electrons. The Balaban J connectivity index is 1.63. The summed E-state index contributed by atoms with van der Waals surface area (Å²) < 4.78 is 31.8. The summed E-state index contributed by atoms with van der Waals surface area (Å²) in [5, 5.41) is 6.66. The summed E-state index contributed by atoms with van der Waals surface area (Å²) in [5.41, 5.74) is 0.144. The van der Waals surface area contributed by atoms with E-state index < -0.39 is 15.9 Å². The molecule has 1 fully saturated rings. The predicted octanol–water partition coefficient (Wildman–Crippen LogP) is 2.18. The summed E-state index contributed by atoms with van der Waals surface area (Å²) >= 11 is 6.11. The molecule has 0 unspecified atom stereocenters. The van der Waals surface area contributed by atoms with E-state index in [-0.39, 0.29) is 15.5 Å². The summed E-state index contributed by atoms with van der Waals surface area (Å²) in [4.78, 5) is 16.6. The third-order valence-corrected chi connectivity index (χ3v) is 6.53. The van der Waals surface area contributed by atoms with E-state index in [0.717, 1.165) is 12.8 Å². The molecule has 1 amide bonds. The van der Waals surface area contributed by atoms with Crippen molar-refractivity contribution in [2.24, 2.45) is 0 Å². The van der Waals surface area contributed by atoms with Crippen LogP contribution in [0.4, 0.5) is 0 Å². The van der Waals surface area contributed by atoms with Gasteiger partial charge in [-0.15, -0.1) is 0 Å². The molecule has 1 N–H and O–H groups in total. The van der Waals surface area contributed by atoms with Gasteiger partial charge < -0.3 is 9.84 Å². The number of rotatable bonds is 7. The molecule has 27 heavy (non-hydrogen) atoms. The van der Waals surface area contributed by atoms with Gasteiger partial charge in [0.15, 0.2) is 5.82 Å². The molecule has 0 bridgehead atoms. The summed E-state index contributed by atoms with van der Waals surface area (Å²) in [6.07, 6.45) is 2.84. The number of benzene rings is 1. The van der Waals surface area contributed by atoms with Gasteiger partial charge in [0.2, 0.25) is 15.9 Å². The number of carbonyl (C=O) groups is 1. The zero-order valence-electron chi connectivity index (χ0n) is 14.9. The van der Waals surface area contributed by atoms with Gasteiger partial charge in [-0.25, -0.2) is 8.42 Å². The number of hydrogen-bond acceptors (Lipinski definition) is 6. The highest BCUT2D eigenvalue weighted by Crippen LogP contribution is 2.25. The van der Waals surface area contributed by atoms with Crippen LogP contribution in [0.5, 0.6) is 0 Å². The minimum absolute atomic E-state index is 0.0836. The minimum Gasteiger partial charge on any atom is -0.352 e. The van der Waals surface area contributed by atoms with Gasteiger partial charge in [-0.05, 0) is 44.4 Å². The molecule has 8 nitrogen and oxygen atoms in total. The molecule has 0 atom stereocenters. The zero-order valence-corrected chi connectivity index (χ0v) is 16.5. The highest BCUT2D eigenvalue weighted by molar-refractivity contribution is 7.89. The molecule has 0 aliphatic carbocycles. The van der Waals surface area contributed by atoms with E-state index in [1.165, 1.54) is 22.5 Å². The molecular weight excluding hydrogens is 392 g/mol.